The van der Waals surface area contributed by atoms with E-state index in [9.17, 15) is 24.0 Å². The molecule has 10 heteroatoms. The van der Waals surface area contributed by atoms with E-state index in [-0.39, 0.29) is 12.8 Å². The summed E-state index contributed by atoms with van der Waals surface area (Å²) in [5.41, 5.74) is -3.04. The van der Waals surface area contributed by atoms with Crippen molar-refractivity contribution < 1.29 is 19.8 Å². The number of carboxylic acid groups (broad SMARTS) is 2. The molecule has 0 amide bonds. The van der Waals surface area contributed by atoms with E-state index in [2.05, 4.69) is 0 Å². The first-order valence-electron chi connectivity index (χ1n) is 7.12. The van der Waals surface area contributed by atoms with Gasteiger partial charge >= 0.3 is 29.0 Å². The summed E-state index contributed by atoms with van der Waals surface area (Å²) in [4.78, 5) is 59.8. The number of rotatable bonds is 8. The van der Waals surface area contributed by atoms with E-state index in [1.165, 1.54) is 0 Å². The van der Waals surface area contributed by atoms with Gasteiger partial charge in [0.1, 0.15) is 0 Å². The Morgan fingerprint density at radius 3 is 1.52 bits per heavy atom. The number of aromatic amines is 1. The van der Waals surface area contributed by atoms with Crippen LogP contribution in [-0.2, 0) is 22.7 Å². The van der Waals surface area contributed by atoms with Crippen molar-refractivity contribution in [3.63, 3.8) is 0 Å². The quantitative estimate of drug-likeness (QED) is 0.548. The maximum Gasteiger partial charge on any atom is 0.336 e. The minimum absolute atomic E-state index is 0.188. The van der Waals surface area contributed by atoms with Crippen LogP contribution in [0.1, 0.15) is 26.7 Å². The maximum absolute atomic E-state index is 12.3. The first-order chi connectivity index (χ1) is 10.7. The second-order valence-electron chi connectivity index (χ2n) is 5.13. The molecular weight excluding hydrogens is 310 g/mol. The van der Waals surface area contributed by atoms with Crippen molar-refractivity contribution in [2.24, 2.45) is 11.8 Å². The molecule has 0 saturated heterocycles. The summed E-state index contributed by atoms with van der Waals surface area (Å²) in [5, 5.41) is 18.0. The summed E-state index contributed by atoms with van der Waals surface area (Å²) in [7, 11) is 0. The van der Waals surface area contributed by atoms with Crippen LogP contribution in [0.15, 0.2) is 14.4 Å². The van der Waals surface area contributed by atoms with Gasteiger partial charge in [0.05, 0.1) is 11.8 Å². The number of aliphatic carboxylic acids is 2. The van der Waals surface area contributed by atoms with Crippen LogP contribution in [0.25, 0.3) is 0 Å². The minimum atomic E-state index is -1.17. The lowest BCUT2D eigenvalue weighted by Crippen LogP contribution is -2.51. The molecule has 0 bridgehead atoms. The van der Waals surface area contributed by atoms with Crippen LogP contribution >= 0.6 is 0 Å². The zero-order valence-electron chi connectivity index (χ0n) is 12.8. The molecule has 10 nitrogen and oxygen atoms in total. The van der Waals surface area contributed by atoms with Gasteiger partial charge in [-0.15, -0.1) is 0 Å². The van der Waals surface area contributed by atoms with Crippen LogP contribution in [0.4, 0.5) is 0 Å². The van der Waals surface area contributed by atoms with E-state index >= 15 is 0 Å². The summed E-state index contributed by atoms with van der Waals surface area (Å²) in [6.07, 6.45) is 0.375. The van der Waals surface area contributed by atoms with Gasteiger partial charge in [-0.05, 0) is 12.8 Å². The SMILES string of the molecule is CCC(Cn1c(=O)[nH]c(=O)n(CC(CC)C(=O)O)c1=O)C(=O)O. The molecule has 0 fully saturated rings. The molecular formula is C13H19N3O7. The third-order valence-corrected chi connectivity index (χ3v) is 3.66. The zero-order chi connectivity index (χ0) is 17.7. The number of aromatic nitrogens is 3. The Hall–Kier alpha value is -2.65. The van der Waals surface area contributed by atoms with Gasteiger partial charge in [-0.3, -0.25) is 14.6 Å². The number of H-pyrrole nitrogens is 1. The number of carboxylic acids is 2. The lowest BCUT2D eigenvalue weighted by Gasteiger charge is -2.14. The van der Waals surface area contributed by atoms with Crippen molar-refractivity contribution in [3.05, 3.63) is 31.5 Å². The second kappa shape index (κ2) is 7.56. The predicted octanol–water partition coefficient (Wildman–Crippen LogP) is -1.08. The fourth-order valence-electron chi connectivity index (χ4n) is 2.07. The van der Waals surface area contributed by atoms with Crippen molar-refractivity contribution in [2.45, 2.75) is 39.8 Å². The Morgan fingerprint density at radius 1 is 0.913 bits per heavy atom. The van der Waals surface area contributed by atoms with Crippen molar-refractivity contribution in [1.82, 2.24) is 14.1 Å². The fourth-order valence-corrected chi connectivity index (χ4v) is 2.07. The van der Waals surface area contributed by atoms with Gasteiger partial charge in [0.25, 0.3) is 0 Å². The van der Waals surface area contributed by atoms with Crippen molar-refractivity contribution in [2.75, 3.05) is 0 Å². The van der Waals surface area contributed by atoms with E-state index in [4.69, 9.17) is 10.2 Å². The summed E-state index contributed by atoms with van der Waals surface area (Å²) in [6.45, 7) is 2.38. The van der Waals surface area contributed by atoms with Crippen LogP contribution in [0.5, 0.6) is 0 Å². The van der Waals surface area contributed by atoms with Crippen LogP contribution < -0.4 is 17.1 Å². The molecule has 1 aromatic heterocycles. The largest absolute Gasteiger partial charge is 0.481 e. The smallest absolute Gasteiger partial charge is 0.336 e. The average Bonchev–Trinajstić information content (AvgIpc) is 2.46. The van der Waals surface area contributed by atoms with Crippen LogP contribution in [0.3, 0.4) is 0 Å². The monoisotopic (exact) mass is 329 g/mol. The molecule has 0 saturated carbocycles. The molecule has 1 rings (SSSR count). The lowest BCUT2D eigenvalue weighted by atomic mass is 10.1. The molecule has 23 heavy (non-hydrogen) atoms. The molecule has 2 atom stereocenters. The molecule has 0 aliphatic rings. The topological polar surface area (TPSA) is 151 Å². The fraction of sp³-hybridized carbons (Fsp3) is 0.615. The van der Waals surface area contributed by atoms with E-state index in [0.29, 0.717) is 9.13 Å². The normalized spacial score (nSPS) is 13.5. The third-order valence-electron chi connectivity index (χ3n) is 3.66. The highest BCUT2D eigenvalue weighted by molar-refractivity contribution is 5.70. The number of hydrogen-bond acceptors (Lipinski definition) is 5. The maximum atomic E-state index is 12.3. The molecule has 0 aliphatic carbocycles. The molecule has 0 radical (unpaired) electrons. The Labute approximate surface area is 130 Å². The van der Waals surface area contributed by atoms with Crippen molar-refractivity contribution in [1.29, 1.82) is 0 Å². The van der Waals surface area contributed by atoms with Crippen molar-refractivity contribution in [3.8, 4) is 0 Å². The molecule has 0 aliphatic heterocycles. The highest BCUT2D eigenvalue weighted by Gasteiger charge is 2.22. The summed E-state index contributed by atoms with van der Waals surface area (Å²) in [5.74, 6) is -4.29. The molecule has 128 valence electrons. The molecule has 3 N–H and O–H groups in total. The Balaban J connectivity index is 3.35. The summed E-state index contributed by atoms with van der Waals surface area (Å²) < 4.78 is 1.22. The third kappa shape index (κ3) is 4.18. The molecule has 0 aromatic carbocycles. The van der Waals surface area contributed by atoms with Gasteiger partial charge in [0.2, 0.25) is 0 Å². The predicted molar refractivity (Wildman–Crippen MR) is 78.4 cm³/mol. The van der Waals surface area contributed by atoms with Gasteiger partial charge in [-0.2, -0.15) is 0 Å². The van der Waals surface area contributed by atoms with E-state index in [0.717, 1.165) is 0 Å². The number of nitrogens with one attached hydrogen (secondary N) is 1. The highest BCUT2D eigenvalue weighted by atomic mass is 16.4. The van der Waals surface area contributed by atoms with Crippen LogP contribution in [0, 0.1) is 11.8 Å². The average molecular weight is 329 g/mol. The Kier molecular flexibility index (Phi) is 6.05. The van der Waals surface area contributed by atoms with E-state index in [1.807, 2.05) is 4.98 Å². The van der Waals surface area contributed by atoms with Gasteiger partial charge in [-0.25, -0.2) is 23.5 Å². The lowest BCUT2D eigenvalue weighted by molar-refractivity contribution is -0.143. The first kappa shape index (κ1) is 18.4. The van der Waals surface area contributed by atoms with Crippen LogP contribution in [-0.4, -0.2) is 36.3 Å². The summed E-state index contributed by atoms with van der Waals surface area (Å²) >= 11 is 0. The Bertz CT molecular complexity index is 699. The van der Waals surface area contributed by atoms with E-state index < -0.39 is 53.9 Å². The minimum Gasteiger partial charge on any atom is -0.481 e. The zero-order valence-corrected chi connectivity index (χ0v) is 12.8. The van der Waals surface area contributed by atoms with Gasteiger partial charge < -0.3 is 10.2 Å². The van der Waals surface area contributed by atoms with E-state index in [1.54, 1.807) is 13.8 Å². The standard InChI is InChI=1S/C13H19N3O7/c1-3-7(9(17)18)5-15-11(21)14-12(22)16(13(15)23)6-8(4-2)10(19)20/h7-8H,3-6H2,1-2H3,(H,17,18)(H,19,20)(H,14,21,22). The molecule has 1 aromatic rings. The Morgan fingerprint density at radius 2 is 1.26 bits per heavy atom. The van der Waals surface area contributed by atoms with Gasteiger partial charge in [0.15, 0.2) is 0 Å². The van der Waals surface area contributed by atoms with Gasteiger partial charge in [-0.1, -0.05) is 13.8 Å². The van der Waals surface area contributed by atoms with Gasteiger partial charge in [0, 0.05) is 13.1 Å². The highest BCUT2D eigenvalue weighted by Crippen LogP contribution is 2.05. The molecule has 0 spiro atoms. The molecule has 2 unspecified atom stereocenters. The molecule has 1 heterocycles. The number of nitrogens with zero attached hydrogens (tertiary/aromatic N) is 2. The first-order valence-corrected chi connectivity index (χ1v) is 7.12. The summed E-state index contributed by atoms with van der Waals surface area (Å²) in [6, 6.07) is 0. The second-order valence-corrected chi connectivity index (χ2v) is 5.13. The van der Waals surface area contributed by atoms with Crippen molar-refractivity contribution >= 4 is 11.9 Å². The number of carbonyl (C=O) groups is 2. The number of hydrogen-bond donors (Lipinski definition) is 3. The van der Waals surface area contributed by atoms with Crippen LogP contribution in [0.2, 0.25) is 0 Å².